The summed E-state index contributed by atoms with van der Waals surface area (Å²) in [6.07, 6.45) is 3.49. The smallest absolute Gasteiger partial charge is 0.253 e. The first-order chi connectivity index (χ1) is 14.5. The first kappa shape index (κ1) is 21.9. The van der Waals surface area contributed by atoms with Crippen LogP contribution in [0.25, 0.3) is 11.0 Å². The van der Waals surface area contributed by atoms with Gasteiger partial charge in [0, 0.05) is 31.1 Å². The van der Waals surface area contributed by atoms with Gasteiger partial charge in [-0.05, 0) is 36.8 Å². The van der Waals surface area contributed by atoms with Crippen molar-refractivity contribution in [2.75, 3.05) is 25.2 Å². The van der Waals surface area contributed by atoms with Gasteiger partial charge in [-0.15, -0.1) is 0 Å². The molecule has 0 saturated carbocycles. The highest BCUT2D eigenvalue weighted by atomic mass is 32.2. The average Bonchev–Trinajstić information content (AvgIpc) is 3.08. The molecule has 0 bridgehead atoms. The molecule has 2 aromatic carbocycles. The summed E-state index contributed by atoms with van der Waals surface area (Å²) >= 11 is 1.69. The minimum atomic E-state index is -0.150. The van der Waals surface area contributed by atoms with Crippen molar-refractivity contribution >= 4 is 40.3 Å². The third-order valence-electron chi connectivity index (χ3n) is 4.70. The van der Waals surface area contributed by atoms with E-state index < -0.39 is 0 Å². The van der Waals surface area contributed by atoms with Crippen LogP contribution in [-0.4, -0.2) is 46.1 Å². The number of hydrogen-bond donors (Lipinski definition) is 1. The van der Waals surface area contributed by atoms with Gasteiger partial charge in [-0.3, -0.25) is 9.59 Å². The number of carbonyl (C=O) groups is 2. The van der Waals surface area contributed by atoms with Crippen LogP contribution in [0.2, 0.25) is 0 Å². The molecule has 1 aromatic heterocycles. The van der Waals surface area contributed by atoms with Crippen molar-refractivity contribution in [3.8, 4) is 0 Å². The van der Waals surface area contributed by atoms with Crippen molar-refractivity contribution in [3.63, 3.8) is 0 Å². The van der Waals surface area contributed by atoms with E-state index in [9.17, 15) is 9.59 Å². The number of hydrogen-bond acceptors (Lipinski definition) is 4. The maximum absolute atomic E-state index is 12.8. The molecule has 0 radical (unpaired) electrons. The molecule has 1 N–H and O–H groups in total. The molecule has 0 unspecified atom stereocenters. The Morgan fingerprint density at radius 1 is 1.10 bits per heavy atom. The van der Waals surface area contributed by atoms with Crippen LogP contribution >= 0.6 is 11.8 Å². The first-order valence-electron chi connectivity index (χ1n) is 10.2. The number of aromatic nitrogens is 2. The Morgan fingerprint density at radius 3 is 2.67 bits per heavy atom. The maximum Gasteiger partial charge on any atom is 0.253 e. The summed E-state index contributed by atoms with van der Waals surface area (Å²) in [6, 6.07) is 14.9. The van der Waals surface area contributed by atoms with Gasteiger partial charge >= 0.3 is 0 Å². The van der Waals surface area contributed by atoms with E-state index in [0.717, 1.165) is 28.4 Å². The fourth-order valence-corrected chi connectivity index (χ4v) is 4.18. The summed E-state index contributed by atoms with van der Waals surface area (Å²) in [5, 5.41) is 3.78. The number of unbranched alkanes of at least 4 members (excludes halogenated alkanes) is 2. The van der Waals surface area contributed by atoms with Gasteiger partial charge in [0.15, 0.2) is 5.16 Å². The SMILES string of the molecule is CCCCCSc1nc2ccccc2n1CC(=O)Nc1cccc(C(=O)N(C)C)c1. The Kier molecular flexibility index (Phi) is 7.52. The molecule has 7 heteroatoms. The van der Waals surface area contributed by atoms with Gasteiger partial charge in [-0.1, -0.05) is 49.7 Å². The number of fused-ring (bicyclic) bond motifs is 1. The van der Waals surface area contributed by atoms with Crippen molar-refractivity contribution in [1.82, 2.24) is 14.5 Å². The van der Waals surface area contributed by atoms with Gasteiger partial charge in [0.25, 0.3) is 5.91 Å². The highest BCUT2D eigenvalue weighted by Gasteiger charge is 2.15. The molecule has 3 rings (SSSR count). The van der Waals surface area contributed by atoms with Gasteiger partial charge in [0.05, 0.1) is 11.0 Å². The van der Waals surface area contributed by atoms with E-state index in [0.29, 0.717) is 11.3 Å². The lowest BCUT2D eigenvalue weighted by molar-refractivity contribution is -0.116. The fraction of sp³-hybridized carbons (Fsp3) is 0.348. The summed E-state index contributed by atoms with van der Waals surface area (Å²) in [6.45, 7) is 2.35. The van der Waals surface area contributed by atoms with Crippen molar-refractivity contribution < 1.29 is 9.59 Å². The number of anilines is 1. The molecule has 2 amide bonds. The summed E-state index contributed by atoms with van der Waals surface area (Å²) in [5.74, 6) is 0.730. The molecule has 0 fully saturated rings. The van der Waals surface area contributed by atoms with Crippen LogP contribution in [0, 0.1) is 0 Å². The number of imidazole rings is 1. The summed E-state index contributed by atoms with van der Waals surface area (Å²) in [7, 11) is 3.41. The minimum absolute atomic E-state index is 0.0996. The molecule has 30 heavy (non-hydrogen) atoms. The standard InChI is InChI=1S/C23H28N4O2S/c1-4-5-8-14-30-23-25-19-12-6-7-13-20(19)27(23)16-21(28)24-18-11-9-10-17(15-18)22(29)26(2)3/h6-7,9-13,15H,4-5,8,14,16H2,1-3H3,(H,24,28). The number of benzene rings is 2. The van der Waals surface area contributed by atoms with Crippen molar-refractivity contribution in [2.45, 2.75) is 37.9 Å². The van der Waals surface area contributed by atoms with Gasteiger partial charge in [0.1, 0.15) is 6.54 Å². The fourth-order valence-electron chi connectivity index (χ4n) is 3.16. The second kappa shape index (κ2) is 10.3. The second-order valence-corrected chi connectivity index (χ2v) is 8.42. The Bertz CT molecular complexity index is 1030. The number of rotatable bonds is 9. The molecule has 0 spiro atoms. The van der Waals surface area contributed by atoms with Crippen LogP contribution in [0.5, 0.6) is 0 Å². The predicted octanol–water partition coefficient (Wildman–Crippen LogP) is 4.66. The molecular weight excluding hydrogens is 396 g/mol. The van der Waals surface area contributed by atoms with Crippen molar-refractivity contribution in [1.29, 1.82) is 0 Å². The normalized spacial score (nSPS) is 10.9. The number of thioether (sulfide) groups is 1. The topological polar surface area (TPSA) is 67.2 Å². The molecular formula is C23H28N4O2S. The van der Waals surface area contributed by atoms with Gasteiger partial charge in [0.2, 0.25) is 5.91 Å². The molecule has 3 aromatic rings. The van der Waals surface area contributed by atoms with Crippen LogP contribution in [0.4, 0.5) is 5.69 Å². The molecule has 0 aliphatic carbocycles. The van der Waals surface area contributed by atoms with Crippen molar-refractivity contribution in [3.05, 3.63) is 54.1 Å². The van der Waals surface area contributed by atoms with Crippen LogP contribution in [0.1, 0.15) is 36.5 Å². The third kappa shape index (κ3) is 5.42. The van der Waals surface area contributed by atoms with Crippen LogP contribution in [0.15, 0.2) is 53.7 Å². The summed E-state index contributed by atoms with van der Waals surface area (Å²) in [5.41, 5.74) is 2.98. The predicted molar refractivity (Wildman–Crippen MR) is 123 cm³/mol. The van der Waals surface area contributed by atoms with E-state index in [2.05, 4.69) is 12.2 Å². The van der Waals surface area contributed by atoms with E-state index in [4.69, 9.17) is 4.98 Å². The van der Waals surface area contributed by atoms with E-state index in [-0.39, 0.29) is 18.4 Å². The van der Waals surface area contributed by atoms with Gasteiger partial charge in [-0.25, -0.2) is 4.98 Å². The molecule has 158 valence electrons. The zero-order valence-corrected chi connectivity index (χ0v) is 18.5. The minimum Gasteiger partial charge on any atom is -0.345 e. The summed E-state index contributed by atoms with van der Waals surface area (Å²) < 4.78 is 1.97. The highest BCUT2D eigenvalue weighted by molar-refractivity contribution is 7.99. The van der Waals surface area contributed by atoms with Crippen LogP contribution in [0.3, 0.4) is 0 Å². The number of carbonyl (C=O) groups excluding carboxylic acids is 2. The zero-order valence-electron chi connectivity index (χ0n) is 17.7. The highest BCUT2D eigenvalue weighted by Crippen LogP contribution is 2.25. The Labute approximate surface area is 181 Å². The number of nitrogens with zero attached hydrogens (tertiary/aromatic N) is 3. The van der Waals surface area contributed by atoms with Crippen molar-refractivity contribution in [2.24, 2.45) is 0 Å². The van der Waals surface area contributed by atoms with Gasteiger partial charge < -0.3 is 14.8 Å². The molecule has 0 saturated heterocycles. The number of nitrogens with one attached hydrogen (secondary N) is 1. The van der Waals surface area contributed by atoms with E-state index >= 15 is 0 Å². The van der Waals surface area contributed by atoms with Crippen LogP contribution < -0.4 is 5.32 Å². The third-order valence-corrected chi connectivity index (χ3v) is 5.76. The quantitative estimate of drug-likeness (QED) is 0.401. The number of amides is 2. The van der Waals surface area contributed by atoms with Gasteiger partial charge in [-0.2, -0.15) is 0 Å². The first-order valence-corrected chi connectivity index (χ1v) is 11.2. The van der Waals surface area contributed by atoms with E-state index in [1.54, 1.807) is 50.1 Å². The van der Waals surface area contributed by atoms with E-state index in [1.807, 2.05) is 28.8 Å². The Morgan fingerprint density at radius 2 is 1.90 bits per heavy atom. The Balaban J connectivity index is 1.76. The van der Waals surface area contributed by atoms with E-state index in [1.165, 1.54) is 17.7 Å². The lowest BCUT2D eigenvalue weighted by Crippen LogP contribution is -2.22. The zero-order chi connectivity index (χ0) is 21.5. The second-order valence-electron chi connectivity index (χ2n) is 7.35. The average molecular weight is 425 g/mol. The monoisotopic (exact) mass is 424 g/mol. The molecule has 0 aliphatic rings. The number of para-hydroxylation sites is 2. The molecule has 0 atom stereocenters. The molecule has 0 aliphatic heterocycles. The Hall–Kier alpha value is -2.80. The molecule has 1 heterocycles. The molecule has 6 nitrogen and oxygen atoms in total. The van der Waals surface area contributed by atoms with Crippen LogP contribution in [-0.2, 0) is 11.3 Å². The largest absolute Gasteiger partial charge is 0.345 e. The lowest BCUT2D eigenvalue weighted by atomic mass is 10.2. The maximum atomic E-state index is 12.8. The lowest BCUT2D eigenvalue weighted by Gasteiger charge is -2.12. The summed E-state index contributed by atoms with van der Waals surface area (Å²) in [4.78, 5) is 31.2.